The Morgan fingerprint density at radius 3 is 2.76 bits per heavy atom. The largest absolute Gasteiger partial charge is 0.453 e. The van der Waals surface area contributed by atoms with Gasteiger partial charge in [-0.05, 0) is 38.5 Å². The Kier molecular flexibility index (Phi) is 5.30. The average Bonchev–Trinajstić information content (AvgIpc) is 3.38. The molecule has 2 unspecified atom stereocenters. The van der Waals surface area contributed by atoms with Crippen LogP contribution in [0.5, 0.6) is 11.5 Å². The van der Waals surface area contributed by atoms with Crippen LogP contribution in [0.2, 0.25) is 0 Å². The molecular weight excluding hydrogens is 366 g/mol. The summed E-state index contributed by atoms with van der Waals surface area (Å²) in [5, 5.41) is 1.21. The van der Waals surface area contributed by atoms with Crippen molar-refractivity contribution < 1.29 is 14.3 Å². The molecule has 2 aromatic rings. The minimum atomic E-state index is -0.130. The molecule has 1 amide bonds. The zero-order valence-electron chi connectivity index (χ0n) is 18.0. The van der Waals surface area contributed by atoms with Crippen molar-refractivity contribution in [3.63, 3.8) is 0 Å². The van der Waals surface area contributed by atoms with Gasteiger partial charge in [0.2, 0.25) is 12.7 Å². The van der Waals surface area contributed by atoms with Crippen molar-refractivity contribution in [2.45, 2.75) is 40.2 Å². The van der Waals surface area contributed by atoms with Gasteiger partial charge in [-0.2, -0.15) is 0 Å². The molecule has 3 aliphatic rings. The number of benzene rings is 1. The number of hydrogen-bond donors (Lipinski definition) is 1. The molecular formula is C23H31N3O3. The number of carbonyl (C=O) groups is 1. The van der Waals surface area contributed by atoms with Crippen LogP contribution in [0.15, 0.2) is 18.3 Å². The number of fused-ring (bicyclic) bond motifs is 4. The van der Waals surface area contributed by atoms with Crippen LogP contribution in [0.1, 0.15) is 38.8 Å². The van der Waals surface area contributed by atoms with Crippen molar-refractivity contribution >= 4 is 22.4 Å². The summed E-state index contributed by atoms with van der Waals surface area (Å²) in [6, 6.07) is 2.28. The first-order valence-electron chi connectivity index (χ1n) is 10.8. The normalized spacial score (nSPS) is 21.9. The van der Waals surface area contributed by atoms with Crippen molar-refractivity contribution in [2.75, 3.05) is 33.5 Å². The molecule has 6 nitrogen and oxygen atoms in total. The van der Waals surface area contributed by atoms with Crippen molar-refractivity contribution in [2.24, 2.45) is 5.92 Å². The molecule has 0 radical (unpaired) electrons. The Labute approximate surface area is 172 Å². The molecule has 0 spiro atoms. The molecule has 2 aliphatic heterocycles. The van der Waals surface area contributed by atoms with Gasteiger partial charge in [-0.3, -0.25) is 9.69 Å². The third kappa shape index (κ3) is 3.01. The minimum Gasteiger partial charge on any atom is -0.453 e. The second-order valence-electron chi connectivity index (χ2n) is 7.62. The fraction of sp³-hybridized carbons (Fsp3) is 0.522. The van der Waals surface area contributed by atoms with E-state index < -0.39 is 0 Å². The number of nitrogens with zero attached hydrogens (tertiary/aromatic N) is 2. The molecule has 1 N–H and O–H groups in total. The minimum absolute atomic E-state index is 0.130. The summed E-state index contributed by atoms with van der Waals surface area (Å²) in [6.45, 7) is 10.6. The summed E-state index contributed by atoms with van der Waals surface area (Å²) in [5.74, 6) is 1.68. The number of rotatable bonds is 3. The third-order valence-electron chi connectivity index (χ3n) is 6.24. The average molecular weight is 398 g/mol. The summed E-state index contributed by atoms with van der Waals surface area (Å²) >= 11 is 0. The van der Waals surface area contributed by atoms with E-state index in [0.29, 0.717) is 0 Å². The summed E-state index contributed by atoms with van der Waals surface area (Å²) in [7, 11) is 2.12. The highest BCUT2D eigenvalue weighted by Crippen LogP contribution is 2.50. The number of H-pyrrole nitrogens is 1. The predicted octanol–water partition coefficient (Wildman–Crippen LogP) is 3.66. The number of hydrogen-bond acceptors (Lipinski definition) is 4. The van der Waals surface area contributed by atoms with Gasteiger partial charge < -0.3 is 19.4 Å². The van der Waals surface area contributed by atoms with E-state index >= 15 is 0 Å². The van der Waals surface area contributed by atoms with Gasteiger partial charge >= 0.3 is 0 Å². The Balaban J connectivity index is 0.000000994. The van der Waals surface area contributed by atoms with E-state index in [2.05, 4.69) is 29.2 Å². The summed E-state index contributed by atoms with van der Waals surface area (Å²) in [4.78, 5) is 20.7. The molecule has 3 heterocycles. The summed E-state index contributed by atoms with van der Waals surface area (Å²) in [5.41, 5.74) is 4.69. The Hall–Kier alpha value is -2.47. The van der Waals surface area contributed by atoms with Crippen LogP contribution in [-0.2, 0) is 11.2 Å². The number of ether oxygens (including phenoxy) is 2. The maximum absolute atomic E-state index is 13.0. The number of likely N-dealkylation sites (N-methyl/N-ethyl adjacent to an activating group) is 1. The van der Waals surface area contributed by atoms with Crippen LogP contribution < -0.4 is 9.47 Å². The Bertz CT molecular complexity index is 958. The smallest absolute Gasteiger partial charge is 0.231 e. The standard InChI is InChI=1S/C21H25N3O3.C2H6/c1-4-24(5-2)21(25)13-6-14-16(23(3)10-13)7-12-9-22-15-8-17-20(27-11-26-17)19(14)18(12)15;1-2/h6,8-9,13,16,22H,4-5,7,10-11H2,1-3H3;1-2H3. The summed E-state index contributed by atoms with van der Waals surface area (Å²) in [6.07, 6.45) is 5.24. The first kappa shape index (κ1) is 19.8. The Morgan fingerprint density at radius 2 is 2.03 bits per heavy atom. The van der Waals surface area contributed by atoms with Gasteiger partial charge in [0.05, 0.1) is 11.4 Å². The molecule has 29 heavy (non-hydrogen) atoms. The first-order chi connectivity index (χ1) is 14.1. The van der Waals surface area contributed by atoms with Crippen molar-refractivity contribution in [3.8, 4) is 11.5 Å². The molecule has 1 aromatic carbocycles. The van der Waals surface area contributed by atoms with Crippen LogP contribution in [0.3, 0.4) is 0 Å². The fourth-order valence-electron chi connectivity index (χ4n) is 4.86. The number of aromatic nitrogens is 1. The third-order valence-corrected chi connectivity index (χ3v) is 6.24. The molecule has 0 fully saturated rings. The van der Waals surface area contributed by atoms with Crippen molar-refractivity contribution in [3.05, 3.63) is 29.5 Å². The zero-order valence-corrected chi connectivity index (χ0v) is 18.0. The first-order valence-corrected chi connectivity index (χ1v) is 10.8. The number of nitrogens with one attached hydrogen (secondary N) is 1. The molecule has 6 heteroatoms. The van der Waals surface area contributed by atoms with Gasteiger partial charge in [0.1, 0.15) is 0 Å². The topological polar surface area (TPSA) is 57.8 Å². The fourth-order valence-corrected chi connectivity index (χ4v) is 4.86. The van der Waals surface area contributed by atoms with Crippen LogP contribution in [0.25, 0.3) is 16.5 Å². The SMILES string of the molecule is CC.CCN(CC)C(=O)C1C=C2c3c4c(cc5[nH]cc(c35)CC2N(C)C1)OCO4. The molecule has 0 saturated heterocycles. The molecule has 5 rings (SSSR count). The lowest BCUT2D eigenvalue weighted by Crippen LogP contribution is -2.47. The van der Waals surface area contributed by atoms with Gasteiger partial charge in [-0.15, -0.1) is 0 Å². The molecule has 0 saturated carbocycles. The lowest BCUT2D eigenvalue weighted by atomic mass is 9.79. The maximum atomic E-state index is 13.0. The van der Waals surface area contributed by atoms with E-state index in [1.807, 2.05) is 38.7 Å². The van der Waals surface area contributed by atoms with E-state index in [4.69, 9.17) is 9.47 Å². The van der Waals surface area contributed by atoms with E-state index in [0.717, 1.165) is 48.6 Å². The predicted molar refractivity (Wildman–Crippen MR) is 115 cm³/mol. The number of amides is 1. The highest BCUT2D eigenvalue weighted by atomic mass is 16.7. The zero-order chi connectivity index (χ0) is 20.7. The van der Waals surface area contributed by atoms with Gasteiger partial charge in [-0.25, -0.2) is 0 Å². The van der Waals surface area contributed by atoms with E-state index in [1.165, 1.54) is 16.5 Å². The van der Waals surface area contributed by atoms with E-state index in [9.17, 15) is 4.79 Å². The van der Waals surface area contributed by atoms with Crippen LogP contribution >= 0.6 is 0 Å². The molecule has 2 atom stereocenters. The van der Waals surface area contributed by atoms with Gasteiger partial charge in [0, 0.05) is 48.9 Å². The molecule has 156 valence electrons. The van der Waals surface area contributed by atoms with Crippen LogP contribution in [0.4, 0.5) is 0 Å². The molecule has 1 aromatic heterocycles. The second-order valence-corrected chi connectivity index (χ2v) is 7.62. The number of aromatic amines is 1. The molecule has 1 aliphatic carbocycles. The van der Waals surface area contributed by atoms with Gasteiger partial charge in [0.25, 0.3) is 0 Å². The van der Waals surface area contributed by atoms with Crippen LogP contribution in [-0.4, -0.2) is 60.2 Å². The Morgan fingerprint density at radius 1 is 1.28 bits per heavy atom. The van der Waals surface area contributed by atoms with Crippen LogP contribution in [0, 0.1) is 5.92 Å². The highest BCUT2D eigenvalue weighted by Gasteiger charge is 2.39. The highest BCUT2D eigenvalue weighted by molar-refractivity contribution is 6.03. The van der Waals surface area contributed by atoms with Gasteiger partial charge in [-0.1, -0.05) is 19.9 Å². The van der Waals surface area contributed by atoms with E-state index in [1.54, 1.807) is 0 Å². The van der Waals surface area contributed by atoms with E-state index in [-0.39, 0.29) is 24.7 Å². The lowest BCUT2D eigenvalue weighted by molar-refractivity contribution is -0.134. The van der Waals surface area contributed by atoms with Crippen molar-refractivity contribution in [1.82, 2.24) is 14.8 Å². The van der Waals surface area contributed by atoms with Crippen molar-refractivity contribution in [1.29, 1.82) is 0 Å². The number of carbonyl (C=O) groups excluding carboxylic acids is 1. The molecule has 0 bridgehead atoms. The second kappa shape index (κ2) is 7.75. The summed E-state index contributed by atoms with van der Waals surface area (Å²) < 4.78 is 11.5. The monoisotopic (exact) mass is 397 g/mol. The van der Waals surface area contributed by atoms with Gasteiger partial charge in [0.15, 0.2) is 11.5 Å². The maximum Gasteiger partial charge on any atom is 0.231 e. The lowest BCUT2D eigenvalue weighted by Gasteiger charge is -2.40. The quantitative estimate of drug-likeness (QED) is 0.859.